The van der Waals surface area contributed by atoms with Crippen LogP contribution in [-0.4, -0.2) is 26.2 Å². The Morgan fingerprint density at radius 1 is 1.04 bits per heavy atom. The quantitative estimate of drug-likeness (QED) is 0.613. The van der Waals surface area contributed by atoms with Crippen molar-refractivity contribution in [3.8, 4) is 11.5 Å². The third-order valence-electron chi connectivity index (χ3n) is 3.73. The van der Waals surface area contributed by atoms with Crippen molar-refractivity contribution >= 4 is 24.0 Å². The van der Waals surface area contributed by atoms with Crippen LogP contribution in [0.3, 0.4) is 0 Å². The molecule has 0 atom stereocenters. The second-order valence-electron chi connectivity index (χ2n) is 5.68. The van der Waals surface area contributed by atoms with Crippen molar-refractivity contribution in [2.45, 2.75) is 26.3 Å². The molecule has 2 aromatic carbocycles. The van der Waals surface area contributed by atoms with Gasteiger partial charge in [-0.05, 0) is 31.2 Å². The SMILES string of the molecule is CCCCNCc1ccccc1OCC(=O)Nc1ccccc1OC.Cl. The number of para-hydroxylation sites is 3. The van der Waals surface area contributed by atoms with Gasteiger partial charge >= 0.3 is 0 Å². The predicted molar refractivity (Wildman–Crippen MR) is 107 cm³/mol. The van der Waals surface area contributed by atoms with E-state index in [0.29, 0.717) is 11.4 Å². The van der Waals surface area contributed by atoms with E-state index in [1.165, 1.54) is 0 Å². The summed E-state index contributed by atoms with van der Waals surface area (Å²) in [5.74, 6) is 1.12. The van der Waals surface area contributed by atoms with E-state index in [4.69, 9.17) is 9.47 Å². The molecule has 0 saturated heterocycles. The van der Waals surface area contributed by atoms with Crippen molar-refractivity contribution in [2.75, 3.05) is 25.6 Å². The zero-order chi connectivity index (χ0) is 17.9. The number of amides is 1. The van der Waals surface area contributed by atoms with Crippen LogP contribution in [0.15, 0.2) is 48.5 Å². The Balaban J connectivity index is 0.00000338. The van der Waals surface area contributed by atoms with Gasteiger partial charge in [0, 0.05) is 12.1 Å². The van der Waals surface area contributed by atoms with Crippen LogP contribution in [0.2, 0.25) is 0 Å². The van der Waals surface area contributed by atoms with E-state index in [9.17, 15) is 4.79 Å². The fourth-order valence-electron chi connectivity index (χ4n) is 2.39. The van der Waals surface area contributed by atoms with Gasteiger partial charge in [0.15, 0.2) is 6.61 Å². The lowest BCUT2D eigenvalue weighted by atomic mass is 10.2. The van der Waals surface area contributed by atoms with Crippen LogP contribution < -0.4 is 20.1 Å². The van der Waals surface area contributed by atoms with E-state index in [-0.39, 0.29) is 24.9 Å². The molecule has 2 aromatic rings. The number of carbonyl (C=O) groups is 1. The van der Waals surface area contributed by atoms with E-state index in [1.807, 2.05) is 36.4 Å². The molecule has 0 aromatic heterocycles. The first-order valence-corrected chi connectivity index (χ1v) is 8.59. The molecular formula is C20H27ClN2O3. The van der Waals surface area contributed by atoms with E-state index >= 15 is 0 Å². The molecule has 26 heavy (non-hydrogen) atoms. The lowest BCUT2D eigenvalue weighted by molar-refractivity contribution is -0.118. The number of unbranched alkanes of at least 4 members (excludes halogenated alkanes) is 1. The van der Waals surface area contributed by atoms with Crippen molar-refractivity contribution in [1.82, 2.24) is 5.32 Å². The molecule has 142 valence electrons. The number of nitrogens with one attached hydrogen (secondary N) is 2. The fraction of sp³-hybridized carbons (Fsp3) is 0.350. The number of rotatable bonds is 10. The van der Waals surface area contributed by atoms with E-state index < -0.39 is 0 Å². The number of methoxy groups -OCH3 is 1. The highest BCUT2D eigenvalue weighted by molar-refractivity contribution is 5.93. The Kier molecular flexibility index (Phi) is 10.2. The third kappa shape index (κ3) is 6.94. The molecule has 1 amide bonds. The maximum absolute atomic E-state index is 12.2. The molecule has 0 radical (unpaired) electrons. The largest absolute Gasteiger partial charge is 0.495 e. The van der Waals surface area contributed by atoms with Crippen LogP contribution in [-0.2, 0) is 11.3 Å². The highest BCUT2D eigenvalue weighted by atomic mass is 35.5. The van der Waals surface area contributed by atoms with Crippen LogP contribution in [0.4, 0.5) is 5.69 Å². The zero-order valence-electron chi connectivity index (χ0n) is 15.3. The Morgan fingerprint density at radius 2 is 1.73 bits per heavy atom. The minimum absolute atomic E-state index is 0. The molecule has 0 aliphatic heterocycles. The Morgan fingerprint density at radius 3 is 2.46 bits per heavy atom. The van der Waals surface area contributed by atoms with Crippen molar-refractivity contribution in [3.63, 3.8) is 0 Å². The lowest BCUT2D eigenvalue weighted by Gasteiger charge is -2.13. The van der Waals surface area contributed by atoms with Crippen LogP contribution in [0.1, 0.15) is 25.3 Å². The summed E-state index contributed by atoms with van der Waals surface area (Å²) in [5, 5.41) is 6.19. The molecule has 0 fully saturated rings. The molecule has 0 aliphatic rings. The Bertz CT molecular complexity index is 680. The van der Waals surface area contributed by atoms with Gasteiger partial charge < -0.3 is 20.1 Å². The van der Waals surface area contributed by atoms with E-state index in [1.54, 1.807) is 19.2 Å². The van der Waals surface area contributed by atoms with Gasteiger partial charge in [0.2, 0.25) is 0 Å². The molecule has 0 heterocycles. The lowest BCUT2D eigenvalue weighted by Crippen LogP contribution is -2.21. The molecule has 0 spiro atoms. The number of halogens is 1. The van der Waals surface area contributed by atoms with Crippen molar-refractivity contribution in [3.05, 3.63) is 54.1 Å². The van der Waals surface area contributed by atoms with Gasteiger partial charge in [-0.1, -0.05) is 43.7 Å². The minimum Gasteiger partial charge on any atom is -0.495 e. The summed E-state index contributed by atoms with van der Waals surface area (Å²) in [6.45, 7) is 3.81. The molecule has 6 heteroatoms. The van der Waals surface area contributed by atoms with E-state index in [0.717, 1.165) is 37.2 Å². The van der Waals surface area contributed by atoms with Gasteiger partial charge in [-0.3, -0.25) is 4.79 Å². The zero-order valence-corrected chi connectivity index (χ0v) is 16.1. The van der Waals surface area contributed by atoms with Crippen LogP contribution >= 0.6 is 12.4 Å². The molecule has 2 N–H and O–H groups in total. The Labute approximate surface area is 161 Å². The van der Waals surface area contributed by atoms with E-state index in [2.05, 4.69) is 17.6 Å². The molecule has 0 bridgehead atoms. The maximum Gasteiger partial charge on any atom is 0.262 e. The Hall–Kier alpha value is -2.24. The minimum atomic E-state index is -0.224. The maximum atomic E-state index is 12.2. The van der Waals surface area contributed by atoms with Gasteiger partial charge in [0.05, 0.1) is 12.8 Å². The van der Waals surface area contributed by atoms with Crippen LogP contribution in [0, 0.1) is 0 Å². The second-order valence-corrected chi connectivity index (χ2v) is 5.68. The summed E-state index contributed by atoms with van der Waals surface area (Å²) in [6.07, 6.45) is 2.30. The number of ether oxygens (including phenoxy) is 2. The summed E-state index contributed by atoms with van der Waals surface area (Å²) in [7, 11) is 1.57. The molecule has 0 aliphatic carbocycles. The number of carbonyl (C=O) groups excluding carboxylic acids is 1. The monoisotopic (exact) mass is 378 g/mol. The topological polar surface area (TPSA) is 59.6 Å². The normalized spacial score (nSPS) is 9.92. The summed E-state index contributed by atoms with van der Waals surface area (Å²) < 4.78 is 10.9. The summed E-state index contributed by atoms with van der Waals surface area (Å²) >= 11 is 0. The predicted octanol–water partition coefficient (Wildman–Crippen LogP) is 4.02. The van der Waals surface area contributed by atoms with Crippen LogP contribution in [0.5, 0.6) is 11.5 Å². The molecule has 0 unspecified atom stereocenters. The number of hydrogen-bond acceptors (Lipinski definition) is 4. The first-order valence-electron chi connectivity index (χ1n) is 8.59. The van der Waals surface area contributed by atoms with Crippen molar-refractivity contribution < 1.29 is 14.3 Å². The first-order chi connectivity index (χ1) is 12.2. The standard InChI is InChI=1S/C20H26N2O3.ClH/c1-3-4-13-21-14-16-9-5-7-11-18(16)25-15-20(23)22-17-10-6-8-12-19(17)24-2;/h5-12,21H,3-4,13-15H2,1-2H3,(H,22,23);1H. The highest BCUT2D eigenvalue weighted by Crippen LogP contribution is 2.23. The van der Waals surface area contributed by atoms with Gasteiger partial charge in [0.1, 0.15) is 11.5 Å². The van der Waals surface area contributed by atoms with Gasteiger partial charge in [-0.2, -0.15) is 0 Å². The molecular weight excluding hydrogens is 352 g/mol. The number of hydrogen-bond donors (Lipinski definition) is 2. The molecule has 2 rings (SSSR count). The van der Waals surface area contributed by atoms with Crippen LogP contribution in [0.25, 0.3) is 0 Å². The highest BCUT2D eigenvalue weighted by Gasteiger charge is 2.09. The molecule has 5 nitrogen and oxygen atoms in total. The summed E-state index contributed by atoms with van der Waals surface area (Å²) in [4.78, 5) is 12.2. The average Bonchev–Trinajstić information content (AvgIpc) is 2.65. The van der Waals surface area contributed by atoms with Gasteiger partial charge in [-0.25, -0.2) is 0 Å². The van der Waals surface area contributed by atoms with Gasteiger partial charge in [-0.15, -0.1) is 12.4 Å². The summed E-state index contributed by atoms with van der Waals surface area (Å²) in [5.41, 5.74) is 1.68. The molecule has 0 saturated carbocycles. The first kappa shape index (κ1) is 21.8. The summed E-state index contributed by atoms with van der Waals surface area (Å²) in [6, 6.07) is 15.1. The number of benzene rings is 2. The third-order valence-corrected chi connectivity index (χ3v) is 3.73. The average molecular weight is 379 g/mol. The fourth-order valence-corrected chi connectivity index (χ4v) is 2.39. The number of anilines is 1. The smallest absolute Gasteiger partial charge is 0.262 e. The van der Waals surface area contributed by atoms with Crippen molar-refractivity contribution in [2.24, 2.45) is 0 Å². The second kappa shape index (κ2) is 12.2. The van der Waals surface area contributed by atoms with Crippen molar-refractivity contribution in [1.29, 1.82) is 0 Å². The van der Waals surface area contributed by atoms with Gasteiger partial charge in [0.25, 0.3) is 5.91 Å².